The molecule has 0 aromatic heterocycles. The molecule has 0 aliphatic rings. The van der Waals surface area contributed by atoms with Crippen LogP contribution >= 0.6 is 11.8 Å². The third-order valence-electron chi connectivity index (χ3n) is 3.32. The molecule has 1 aromatic rings. The molecule has 0 heterocycles. The summed E-state index contributed by atoms with van der Waals surface area (Å²) in [5, 5.41) is 7.18. The zero-order valence-corrected chi connectivity index (χ0v) is 16.9. The van der Waals surface area contributed by atoms with Gasteiger partial charge in [-0.2, -0.15) is 0 Å². The number of ether oxygens (including phenoxy) is 2. The van der Waals surface area contributed by atoms with E-state index in [4.69, 9.17) is 9.47 Å². The minimum absolute atomic E-state index is 0.112. The molecular weight excluding hydrogens is 386 g/mol. The van der Waals surface area contributed by atoms with Crippen molar-refractivity contribution >= 4 is 35.6 Å². The molecule has 0 bridgehead atoms. The summed E-state index contributed by atoms with van der Waals surface area (Å²) in [4.78, 5) is 48.0. The van der Waals surface area contributed by atoms with Gasteiger partial charge < -0.3 is 20.1 Å². The van der Waals surface area contributed by atoms with Crippen molar-refractivity contribution in [2.24, 2.45) is 0 Å². The van der Waals surface area contributed by atoms with E-state index >= 15 is 0 Å². The predicted molar refractivity (Wildman–Crippen MR) is 104 cm³/mol. The van der Waals surface area contributed by atoms with Crippen molar-refractivity contribution in [2.75, 3.05) is 32.6 Å². The van der Waals surface area contributed by atoms with Gasteiger partial charge in [-0.15, -0.1) is 11.8 Å². The number of amides is 4. The standard InChI is InChI=1S/C18H25N3O6S/c1-4-19-18(25)21-16(23)12(2)27-17(24)13-7-5-6-8-14(13)28-11-15(22)20-9-10-26-3/h5-8,12H,4,9-11H2,1-3H3,(H,20,22)(H2,19,21,23,25). The number of carbonyl (C=O) groups is 4. The van der Waals surface area contributed by atoms with Crippen molar-refractivity contribution in [3.05, 3.63) is 29.8 Å². The molecule has 1 unspecified atom stereocenters. The van der Waals surface area contributed by atoms with Gasteiger partial charge in [0.05, 0.1) is 17.9 Å². The Kier molecular flexibility index (Phi) is 10.7. The number of thioether (sulfide) groups is 1. The quantitative estimate of drug-likeness (QED) is 0.297. The van der Waals surface area contributed by atoms with Gasteiger partial charge in [0.2, 0.25) is 5.91 Å². The third kappa shape index (κ3) is 8.40. The number of esters is 1. The Morgan fingerprint density at radius 2 is 1.86 bits per heavy atom. The van der Waals surface area contributed by atoms with Gasteiger partial charge in [0.25, 0.3) is 5.91 Å². The summed E-state index contributed by atoms with van der Waals surface area (Å²) in [5.41, 5.74) is 0.231. The van der Waals surface area contributed by atoms with Crippen LogP contribution in [0.5, 0.6) is 0 Å². The topological polar surface area (TPSA) is 123 Å². The van der Waals surface area contributed by atoms with Crippen LogP contribution in [0.2, 0.25) is 0 Å². The van der Waals surface area contributed by atoms with Crippen LogP contribution in [0.4, 0.5) is 4.79 Å². The first kappa shape index (κ1) is 23.4. The number of hydrogen-bond acceptors (Lipinski definition) is 7. The molecule has 1 aromatic carbocycles. The van der Waals surface area contributed by atoms with Crippen LogP contribution in [0, 0.1) is 0 Å². The summed E-state index contributed by atoms with van der Waals surface area (Å²) in [6, 6.07) is 5.95. The number of nitrogens with one attached hydrogen (secondary N) is 3. The van der Waals surface area contributed by atoms with E-state index < -0.39 is 24.0 Å². The average molecular weight is 411 g/mol. The number of hydrogen-bond donors (Lipinski definition) is 3. The van der Waals surface area contributed by atoms with Gasteiger partial charge in [-0.05, 0) is 26.0 Å². The van der Waals surface area contributed by atoms with E-state index in [-0.39, 0.29) is 17.2 Å². The Labute approximate surface area is 167 Å². The summed E-state index contributed by atoms with van der Waals surface area (Å²) >= 11 is 1.18. The zero-order valence-electron chi connectivity index (χ0n) is 16.1. The molecule has 9 nitrogen and oxygen atoms in total. The first-order chi connectivity index (χ1) is 13.4. The summed E-state index contributed by atoms with van der Waals surface area (Å²) < 4.78 is 10.0. The Morgan fingerprint density at radius 1 is 1.14 bits per heavy atom. The summed E-state index contributed by atoms with van der Waals surface area (Å²) in [6.45, 7) is 4.25. The molecule has 4 amide bonds. The smallest absolute Gasteiger partial charge is 0.340 e. The van der Waals surface area contributed by atoms with Crippen LogP contribution in [0.15, 0.2) is 29.2 Å². The molecule has 0 aliphatic heterocycles. The summed E-state index contributed by atoms with van der Waals surface area (Å²) in [7, 11) is 1.54. The van der Waals surface area contributed by atoms with Gasteiger partial charge in [-0.3, -0.25) is 14.9 Å². The van der Waals surface area contributed by atoms with Crippen molar-refractivity contribution in [3.8, 4) is 0 Å². The largest absolute Gasteiger partial charge is 0.449 e. The fourth-order valence-electron chi connectivity index (χ4n) is 1.94. The first-order valence-electron chi connectivity index (χ1n) is 8.66. The van der Waals surface area contributed by atoms with Crippen molar-refractivity contribution in [1.82, 2.24) is 16.0 Å². The summed E-state index contributed by atoms with van der Waals surface area (Å²) in [6.07, 6.45) is -1.16. The van der Waals surface area contributed by atoms with Gasteiger partial charge in [-0.25, -0.2) is 9.59 Å². The molecule has 154 valence electrons. The van der Waals surface area contributed by atoms with E-state index in [2.05, 4.69) is 16.0 Å². The van der Waals surface area contributed by atoms with E-state index in [9.17, 15) is 19.2 Å². The Bertz CT molecular complexity index is 698. The molecule has 0 aliphatic carbocycles. The van der Waals surface area contributed by atoms with Gasteiger partial charge >= 0.3 is 12.0 Å². The van der Waals surface area contributed by atoms with Crippen LogP contribution in [0.25, 0.3) is 0 Å². The van der Waals surface area contributed by atoms with Crippen LogP contribution in [-0.4, -0.2) is 62.5 Å². The highest BCUT2D eigenvalue weighted by Gasteiger charge is 2.22. The number of methoxy groups -OCH3 is 1. The maximum atomic E-state index is 12.4. The highest BCUT2D eigenvalue weighted by atomic mass is 32.2. The van der Waals surface area contributed by atoms with Crippen molar-refractivity contribution in [1.29, 1.82) is 0 Å². The molecule has 0 spiro atoms. The van der Waals surface area contributed by atoms with Crippen LogP contribution < -0.4 is 16.0 Å². The zero-order chi connectivity index (χ0) is 20.9. The molecule has 10 heteroatoms. The Morgan fingerprint density at radius 3 is 2.54 bits per heavy atom. The van der Waals surface area contributed by atoms with Gasteiger partial charge in [-0.1, -0.05) is 12.1 Å². The second-order valence-corrected chi connectivity index (χ2v) is 6.54. The first-order valence-corrected chi connectivity index (χ1v) is 9.64. The van der Waals surface area contributed by atoms with Crippen molar-refractivity contribution in [2.45, 2.75) is 24.8 Å². The molecule has 0 fully saturated rings. The lowest BCUT2D eigenvalue weighted by Crippen LogP contribution is -2.44. The second-order valence-electron chi connectivity index (χ2n) is 5.52. The Hall–Kier alpha value is -2.59. The fraction of sp³-hybridized carbons (Fsp3) is 0.444. The average Bonchev–Trinajstić information content (AvgIpc) is 2.66. The monoisotopic (exact) mass is 411 g/mol. The van der Waals surface area contributed by atoms with Crippen molar-refractivity contribution < 1.29 is 28.7 Å². The lowest BCUT2D eigenvalue weighted by molar-refractivity contribution is -0.128. The molecule has 28 heavy (non-hydrogen) atoms. The second kappa shape index (κ2) is 12.7. The van der Waals surface area contributed by atoms with Crippen LogP contribution in [0.3, 0.4) is 0 Å². The SMILES string of the molecule is CCNC(=O)NC(=O)C(C)OC(=O)c1ccccc1SCC(=O)NCCOC. The normalized spacial score (nSPS) is 11.2. The van der Waals surface area contributed by atoms with Gasteiger partial charge in [0, 0.05) is 25.1 Å². The maximum Gasteiger partial charge on any atom is 0.340 e. The van der Waals surface area contributed by atoms with Gasteiger partial charge in [0.1, 0.15) is 0 Å². The lowest BCUT2D eigenvalue weighted by Gasteiger charge is -2.14. The maximum absolute atomic E-state index is 12.4. The van der Waals surface area contributed by atoms with E-state index in [0.29, 0.717) is 24.6 Å². The molecule has 3 N–H and O–H groups in total. The minimum Gasteiger partial charge on any atom is -0.449 e. The third-order valence-corrected chi connectivity index (χ3v) is 4.39. The number of imide groups is 1. The van der Waals surface area contributed by atoms with Crippen LogP contribution in [-0.2, 0) is 19.1 Å². The van der Waals surface area contributed by atoms with Crippen LogP contribution in [0.1, 0.15) is 24.2 Å². The fourth-order valence-corrected chi connectivity index (χ4v) is 2.81. The number of rotatable bonds is 10. The molecular formula is C18H25N3O6S. The molecule has 0 saturated carbocycles. The minimum atomic E-state index is -1.16. The molecule has 1 atom stereocenters. The number of carbonyl (C=O) groups excluding carboxylic acids is 4. The summed E-state index contributed by atoms with van der Waals surface area (Å²) in [5.74, 6) is -1.54. The van der Waals surface area contributed by atoms with E-state index in [1.165, 1.54) is 18.7 Å². The number of urea groups is 1. The molecule has 0 radical (unpaired) electrons. The van der Waals surface area contributed by atoms with E-state index in [1.54, 1.807) is 38.3 Å². The molecule has 0 saturated heterocycles. The van der Waals surface area contributed by atoms with Gasteiger partial charge in [0.15, 0.2) is 6.10 Å². The van der Waals surface area contributed by atoms with E-state index in [0.717, 1.165) is 0 Å². The van der Waals surface area contributed by atoms with Crippen molar-refractivity contribution in [3.63, 3.8) is 0 Å². The predicted octanol–water partition coefficient (Wildman–Crippen LogP) is 0.932. The highest BCUT2D eigenvalue weighted by molar-refractivity contribution is 8.00. The lowest BCUT2D eigenvalue weighted by atomic mass is 10.2. The molecule has 1 rings (SSSR count). The Balaban J connectivity index is 2.64. The number of benzene rings is 1. The van der Waals surface area contributed by atoms with E-state index in [1.807, 2.05) is 0 Å². The highest BCUT2D eigenvalue weighted by Crippen LogP contribution is 2.23.